The number of allylic oxidation sites excluding steroid dienone is 16. The van der Waals surface area contributed by atoms with E-state index in [-0.39, 0.29) is 57.4 Å². The van der Waals surface area contributed by atoms with Gasteiger partial charge in [0.15, 0.2) is 0 Å². The number of epoxide rings is 2. The predicted molar refractivity (Wildman–Crippen MR) is 313 cm³/mol. The number of carbonyl (C=O) groups is 2. The highest BCUT2D eigenvalue weighted by Gasteiger charge is 2.76. The summed E-state index contributed by atoms with van der Waals surface area (Å²) in [6.45, 7) is 26.4. The molecule has 2 saturated carbocycles. The fourth-order valence-corrected chi connectivity index (χ4v) is 12.4. The topological polar surface area (TPSA) is 77.7 Å². The van der Waals surface area contributed by atoms with Crippen LogP contribution in [0.1, 0.15) is 263 Å². The number of rotatable bonds is 36. The highest BCUT2D eigenvalue weighted by Crippen LogP contribution is 2.67. The van der Waals surface area contributed by atoms with Crippen LogP contribution in [0.5, 0.6) is 0 Å². The van der Waals surface area contributed by atoms with E-state index in [1.54, 1.807) is 0 Å². The van der Waals surface area contributed by atoms with Gasteiger partial charge in [0.05, 0.1) is 0 Å². The summed E-state index contributed by atoms with van der Waals surface area (Å²) in [5, 5.41) is 0. The van der Waals surface area contributed by atoms with Gasteiger partial charge < -0.3 is 18.9 Å². The number of unbranched alkanes of at least 4 members (excludes halogenated alkanes) is 20. The minimum atomic E-state index is -0.358. The Morgan fingerprint density at radius 3 is 1.00 bits per heavy atom. The Labute approximate surface area is 454 Å². The van der Waals surface area contributed by atoms with Crippen LogP contribution in [-0.2, 0) is 28.5 Å². The van der Waals surface area contributed by atoms with E-state index in [1.165, 1.54) is 116 Å². The Morgan fingerprint density at radius 1 is 0.405 bits per heavy atom. The van der Waals surface area contributed by atoms with Crippen molar-refractivity contribution in [2.75, 3.05) is 0 Å². The summed E-state index contributed by atoms with van der Waals surface area (Å²) in [5.41, 5.74) is 2.96. The second-order valence-corrected chi connectivity index (χ2v) is 24.9. The largest absolute Gasteiger partial charge is 0.462 e. The van der Waals surface area contributed by atoms with Crippen molar-refractivity contribution in [3.05, 3.63) is 107 Å². The molecule has 0 aromatic carbocycles. The van der Waals surface area contributed by atoms with Crippen molar-refractivity contribution < 1.29 is 28.5 Å². The quantitative estimate of drug-likeness (QED) is 0.0269. The van der Waals surface area contributed by atoms with Gasteiger partial charge in [-0.25, -0.2) is 0 Å². The van der Waals surface area contributed by atoms with E-state index in [1.807, 2.05) is 0 Å². The summed E-state index contributed by atoms with van der Waals surface area (Å²) < 4.78 is 25.2. The van der Waals surface area contributed by atoms with Crippen molar-refractivity contribution in [2.24, 2.45) is 10.8 Å². The Kier molecular flexibility index (Phi) is 26.5. The molecule has 4 fully saturated rings. The smallest absolute Gasteiger partial charge is 0.306 e. The molecule has 74 heavy (non-hydrogen) atoms. The zero-order valence-electron chi connectivity index (χ0n) is 49.5. The lowest BCUT2D eigenvalue weighted by Gasteiger charge is -2.40. The molecule has 4 aliphatic rings. The Balaban J connectivity index is 1.13. The Bertz CT molecular complexity index is 1880. The highest BCUT2D eigenvalue weighted by molar-refractivity contribution is 5.70. The van der Waals surface area contributed by atoms with Crippen LogP contribution in [0.2, 0.25) is 0 Å². The van der Waals surface area contributed by atoms with Crippen molar-refractivity contribution in [2.45, 2.75) is 297 Å². The first kappa shape index (κ1) is 63.1. The summed E-state index contributed by atoms with van der Waals surface area (Å²) in [7, 11) is 0. The monoisotopic (exact) mass is 1020 g/mol. The van der Waals surface area contributed by atoms with E-state index < -0.39 is 0 Å². The van der Waals surface area contributed by atoms with E-state index in [0.29, 0.717) is 12.8 Å². The second-order valence-electron chi connectivity index (χ2n) is 24.9. The maximum atomic E-state index is 12.8. The van der Waals surface area contributed by atoms with Crippen LogP contribution in [0.3, 0.4) is 0 Å². The molecule has 4 rings (SSSR count). The highest BCUT2D eigenvalue weighted by atomic mass is 16.6. The lowest BCUT2D eigenvalue weighted by atomic mass is 9.63. The first-order valence-electron chi connectivity index (χ1n) is 30.2. The van der Waals surface area contributed by atoms with Crippen molar-refractivity contribution in [3.63, 3.8) is 0 Å². The molecular formula is C68H108O6. The molecule has 2 saturated heterocycles. The van der Waals surface area contributed by atoms with Crippen LogP contribution in [0.4, 0.5) is 0 Å². The molecule has 6 heteroatoms. The second kappa shape index (κ2) is 31.1. The van der Waals surface area contributed by atoms with Gasteiger partial charge in [0, 0.05) is 36.5 Å². The van der Waals surface area contributed by atoms with Crippen molar-refractivity contribution in [1.82, 2.24) is 0 Å². The zero-order chi connectivity index (χ0) is 54.1. The van der Waals surface area contributed by atoms with Gasteiger partial charge in [0.25, 0.3) is 0 Å². The third kappa shape index (κ3) is 19.8. The first-order chi connectivity index (χ1) is 35.3. The van der Waals surface area contributed by atoms with Crippen LogP contribution in [0.15, 0.2) is 107 Å². The number of fused-ring (bicyclic) bond motifs is 2. The van der Waals surface area contributed by atoms with E-state index in [2.05, 4.69) is 168 Å². The molecule has 6 atom stereocenters. The molecule has 2 aliphatic carbocycles. The zero-order valence-corrected chi connectivity index (χ0v) is 49.5. The molecule has 6 nitrogen and oxygen atoms in total. The fourth-order valence-electron chi connectivity index (χ4n) is 12.4. The molecule has 0 aromatic heterocycles. The number of esters is 2. The number of hydrogen-bond acceptors (Lipinski definition) is 6. The predicted octanol–water partition coefficient (Wildman–Crippen LogP) is 19.5. The third-order valence-corrected chi connectivity index (χ3v) is 17.0. The summed E-state index contributed by atoms with van der Waals surface area (Å²) in [6, 6.07) is 0. The average molecular weight is 1020 g/mol. The molecule has 2 heterocycles. The number of hydrogen-bond donors (Lipinski definition) is 0. The van der Waals surface area contributed by atoms with Crippen LogP contribution in [0.25, 0.3) is 0 Å². The average Bonchev–Trinajstić information content (AvgIpc) is 4.18. The van der Waals surface area contributed by atoms with Crippen LogP contribution < -0.4 is 0 Å². The molecule has 0 amide bonds. The van der Waals surface area contributed by atoms with E-state index in [4.69, 9.17) is 18.9 Å². The van der Waals surface area contributed by atoms with Crippen LogP contribution >= 0.6 is 0 Å². The molecule has 416 valence electrons. The maximum Gasteiger partial charge on any atom is 0.306 e. The van der Waals surface area contributed by atoms with Crippen LogP contribution in [-0.4, -0.2) is 46.6 Å². The number of ether oxygens (including phenoxy) is 4. The summed E-state index contributed by atoms with van der Waals surface area (Å²) in [5.74, 6) is -0.103. The Hall–Kier alpha value is -3.48. The van der Waals surface area contributed by atoms with E-state index in [0.717, 1.165) is 73.7 Å². The van der Waals surface area contributed by atoms with Gasteiger partial charge >= 0.3 is 11.9 Å². The van der Waals surface area contributed by atoms with E-state index >= 15 is 0 Å². The van der Waals surface area contributed by atoms with E-state index in [9.17, 15) is 9.59 Å². The molecule has 0 aromatic rings. The van der Waals surface area contributed by atoms with Crippen molar-refractivity contribution in [1.29, 1.82) is 0 Å². The third-order valence-electron chi connectivity index (χ3n) is 17.0. The van der Waals surface area contributed by atoms with Gasteiger partial charge in [0.2, 0.25) is 0 Å². The van der Waals surface area contributed by atoms with Gasteiger partial charge in [0.1, 0.15) is 34.6 Å². The molecule has 0 bridgehead atoms. The molecule has 2 aliphatic heterocycles. The fraction of sp³-hybridized carbons (Fsp3) is 0.706. The molecular weight excluding hydrogens is 913 g/mol. The lowest BCUT2D eigenvalue weighted by molar-refractivity contribution is -0.153. The van der Waals surface area contributed by atoms with Crippen LogP contribution in [0, 0.1) is 10.8 Å². The minimum absolute atomic E-state index is 0.0515. The summed E-state index contributed by atoms with van der Waals surface area (Å²) in [4.78, 5) is 25.7. The molecule has 6 unspecified atom stereocenters. The van der Waals surface area contributed by atoms with Crippen molar-refractivity contribution in [3.8, 4) is 0 Å². The van der Waals surface area contributed by atoms with Gasteiger partial charge in [-0.05, 0) is 79.4 Å². The van der Waals surface area contributed by atoms with Gasteiger partial charge in [-0.1, -0.05) is 265 Å². The molecule has 0 N–H and O–H groups in total. The maximum absolute atomic E-state index is 12.8. The summed E-state index contributed by atoms with van der Waals surface area (Å²) in [6.07, 6.45) is 62.0. The lowest BCUT2D eigenvalue weighted by Crippen LogP contribution is -2.47. The molecule has 0 radical (unpaired) electrons. The normalized spacial score (nSPS) is 27.9. The van der Waals surface area contributed by atoms with Gasteiger partial charge in [-0.2, -0.15) is 0 Å². The standard InChI is InChI=1S/C68H108O6/c1-13-15-17-19-21-23-25-27-29-31-33-45-61(69)71-59-51-63(7,8)67(65(11,53-59)73-67)49-47-57(5)43-37-41-55(3)39-35-36-40-56(4)42-38-44-58(6)48-50-68-64(9,10)52-60(54-66(68,12)74-68)72-62(70)46-34-32-30-28-26-24-22-20-18-16-14-2/h35-44,47-50,59-60H,13-34,45-46,51-54H2,1-12H3. The SMILES string of the molecule is CCCCCCCCCCCCCC(=O)OC1CC(C)(C)C2(C=CC(C)=CC=CC(C)=CC=CC=C(C)C=CC=C(C)C=CC34OC3(C)CC(OC(=O)CCCCCCCCCCCCC)CC4(C)C)OC2(C)C1. The summed E-state index contributed by atoms with van der Waals surface area (Å²) >= 11 is 0. The number of carbonyl (C=O) groups excluding carboxylic acids is 2. The Morgan fingerprint density at radius 2 is 0.689 bits per heavy atom. The van der Waals surface area contributed by atoms with Gasteiger partial charge in [-0.3, -0.25) is 9.59 Å². The molecule has 0 spiro atoms. The van der Waals surface area contributed by atoms with Gasteiger partial charge in [-0.15, -0.1) is 0 Å². The first-order valence-corrected chi connectivity index (χ1v) is 30.2. The van der Waals surface area contributed by atoms with Crippen molar-refractivity contribution >= 4 is 11.9 Å². The minimum Gasteiger partial charge on any atom is -0.462 e.